The number of aliphatic imine (C=N–C) groups is 1. The first-order valence-corrected chi connectivity index (χ1v) is 4.19. The van der Waals surface area contributed by atoms with Gasteiger partial charge in [0.2, 0.25) is 0 Å². The highest BCUT2D eigenvalue weighted by atomic mass is 15.2. The summed E-state index contributed by atoms with van der Waals surface area (Å²) < 4.78 is 0. The smallest absolute Gasteiger partial charge is 0.190 e. The summed E-state index contributed by atoms with van der Waals surface area (Å²) in [4.78, 5) is 4.05. The maximum Gasteiger partial charge on any atom is 0.190 e. The third kappa shape index (κ3) is 2.41. The highest BCUT2D eigenvalue weighted by molar-refractivity contribution is 5.79. The molecular weight excluding hydrogens is 138 g/mol. The van der Waals surface area contributed by atoms with Crippen molar-refractivity contribution in [2.45, 2.75) is 25.8 Å². The lowest BCUT2D eigenvalue weighted by atomic mass is 10.2. The Bertz CT molecular complexity index is 149. The van der Waals surface area contributed by atoms with E-state index in [1.165, 1.54) is 12.8 Å². The lowest BCUT2D eigenvalue weighted by molar-refractivity contribution is 0.579. The summed E-state index contributed by atoms with van der Waals surface area (Å²) in [5, 5.41) is 6.32. The van der Waals surface area contributed by atoms with Crippen LogP contribution in [0, 0.1) is 5.92 Å². The first kappa shape index (κ1) is 8.37. The van der Waals surface area contributed by atoms with Crippen molar-refractivity contribution in [3.05, 3.63) is 0 Å². The molecule has 1 unspecified atom stereocenters. The molecule has 0 saturated heterocycles. The van der Waals surface area contributed by atoms with Crippen LogP contribution in [-0.4, -0.2) is 26.1 Å². The Balaban J connectivity index is 2.26. The monoisotopic (exact) mass is 155 g/mol. The second-order valence-corrected chi connectivity index (χ2v) is 3.09. The maximum absolute atomic E-state index is 4.05. The van der Waals surface area contributed by atoms with Crippen molar-refractivity contribution in [2.24, 2.45) is 10.9 Å². The fourth-order valence-electron chi connectivity index (χ4n) is 1.18. The van der Waals surface area contributed by atoms with E-state index in [1.54, 1.807) is 7.05 Å². The van der Waals surface area contributed by atoms with Gasteiger partial charge in [-0.2, -0.15) is 0 Å². The summed E-state index contributed by atoms with van der Waals surface area (Å²) in [5.41, 5.74) is 0. The average Bonchev–Trinajstić information content (AvgIpc) is 2.81. The van der Waals surface area contributed by atoms with E-state index >= 15 is 0 Å². The summed E-state index contributed by atoms with van der Waals surface area (Å²) in [7, 11) is 3.67. The van der Waals surface area contributed by atoms with Crippen LogP contribution in [0.4, 0.5) is 0 Å². The Labute approximate surface area is 68.3 Å². The van der Waals surface area contributed by atoms with Crippen LogP contribution in [0.25, 0.3) is 0 Å². The highest BCUT2D eigenvalue weighted by Gasteiger charge is 2.28. The molecule has 0 spiro atoms. The Hall–Kier alpha value is -0.730. The first-order valence-electron chi connectivity index (χ1n) is 4.19. The molecule has 0 aromatic heterocycles. The van der Waals surface area contributed by atoms with Crippen LogP contribution < -0.4 is 10.6 Å². The minimum Gasteiger partial charge on any atom is -0.359 e. The molecule has 1 rings (SSSR count). The predicted molar refractivity (Wildman–Crippen MR) is 47.7 cm³/mol. The van der Waals surface area contributed by atoms with E-state index in [1.807, 2.05) is 7.05 Å². The van der Waals surface area contributed by atoms with Crippen molar-refractivity contribution >= 4 is 5.96 Å². The average molecular weight is 155 g/mol. The van der Waals surface area contributed by atoms with Crippen LogP contribution in [0.15, 0.2) is 4.99 Å². The van der Waals surface area contributed by atoms with Gasteiger partial charge >= 0.3 is 0 Å². The van der Waals surface area contributed by atoms with Gasteiger partial charge in [-0.25, -0.2) is 0 Å². The Morgan fingerprint density at radius 3 is 2.55 bits per heavy atom. The SMILES string of the molecule is CN=C(NC)NC(C)C1CC1. The molecule has 0 aromatic carbocycles. The van der Waals surface area contributed by atoms with Crippen LogP contribution >= 0.6 is 0 Å². The molecule has 1 aliphatic rings. The van der Waals surface area contributed by atoms with E-state index in [0.29, 0.717) is 6.04 Å². The fraction of sp³-hybridized carbons (Fsp3) is 0.875. The number of rotatable bonds is 2. The lowest BCUT2D eigenvalue weighted by Gasteiger charge is -2.14. The molecule has 3 heteroatoms. The minimum atomic E-state index is 0.571. The molecule has 1 fully saturated rings. The minimum absolute atomic E-state index is 0.571. The van der Waals surface area contributed by atoms with Crippen molar-refractivity contribution in [3.63, 3.8) is 0 Å². The second kappa shape index (κ2) is 3.60. The molecule has 0 aliphatic heterocycles. The molecule has 3 nitrogen and oxygen atoms in total. The van der Waals surface area contributed by atoms with Crippen molar-refractivity contribution in [3.8, 4) is 0 Å². The summed E-state index contributed by atoms with van der Waals surface area (Å²) in [5.74, 6) is 1.77. The fourth-order valence-corrected chi connectivity index (χ4v) is 1.18. The normalized spacial score (nSPS) is 21.2. The zero-order valence-corrected chi connectivity index (χ0v) is 7.52. The lowest BCUT2D eigenvalue weighted by Crippen LogP contribution is -2.41. The quantitative estimate of drug-likeness (QED) is 0.452. The van der Waals surface area contributed by atoms with E-state index in [4.69, 9.17) is 0 Å². The van der Waals surface area contributed by atoms with Gasteiger partial charge in [0.05, 0.1) is 0 Å². The number of hydrogen-bond donors (Lipinski definition) is 2. The van der Waals surface area contributed by atoms with Gasteiger partial charge in [-0.15, -0.1) is 0 Å². The van der Waals surface area contributed by atoms with Crippen molar-refractivity contribution in [2.75, 3.05) is 14.1 Å². The Morgan fingerprint density at radius 2 is 2.18 bits per heavy atom. The van der Waals surface area contributed by atoms with Gasteiger partial charge in [-0.3, -0.25) is 4.99 Å². The molecule has 2 N–H and O–H groups in total. The number of nitrogens with one attached hydrogen (secondary N) is 2. The molecule has 0 radical (unpaired) electrons. The number of nitrogens with zero attached hydrogens (tertiary/aromatic N) is 1. The second-order valence-electron chi connectivity index (χ2n) is 3.09. The van der Waals surface area contributed by atoms with Gasteiger partial charge in [0.25, 0.3) is 0 Å². The largest absolute Gasteiger partial charge is 0.359 e. The van der Waals surface area contributed by atoms with Crippen LogP contribution in [0.1, 0.15) is 19.8 Å². The van der Waals surface area contributed by atoms with Crippen molar-refractivity contribution < 1.29 is 0 Å². The van der Waals surface area contributed by atoms with E-state index in [0.717, 1.165) is 11.9 Å². The van der Waals surface area contributed by atoms with Crippen LogP contribution in [-0.2, 0) is 0 Å². The molecule has 11 heavy (non-hydrogen) atoms. The zero-order chi connectivity index (χ0) is 8.27. The summed E-state index contributed by atoms with van der Waals surface area (Å²) in [6, 6.07) is 0.571. The van der Waals surface area contributed by atoms with E-state index < -0.39 is 0 Å². The summed E-state index contributed by atoms with van der Waals surface area (Å²) in [6.45, 7) is 2.21. The standard InChI is InChI=1S/C8H17N3/c1-6(7-4-5-7)11-8(9-2)10-3/h6-7H,4-5H2,1-3H3,(H2,9,10,11). The van der Waals surface area contributed by atoms with E-state index in [-0.39, 0.29) is 0 Å². The molecule has 0 aromatic rings. The molecule has 1 saturated carbocycles. The van der Waals surface area contributed by atoms with Gasteiger partial charge in [0.15, 0.2) is 5.96 Å². The van der Waals surface area contributed by atoms with E-state index in [9.17, 15) is 0 Å². The van der Waals surface area contributed by atoms with Gasteiger partial charge in [0, 0.05) is 20.1 Å². The van der Waals surface area contributed by atoms with Crippen molar-refractivity contribution in [1.82, 2.24) is 10.6 Å². The Morgan fingerprint density at radius 1 is 1.55 bits per heavy atom. The Kier molecular flexibility index (Phi) is 2.74. The molecule has 0 heterocycles. The van der Waals surface area contributed by atoms with Crippen LogP contribution in [0.3, 0.4) is 0 Å². The van der Waals surface area contributed by atoms with Gasteiger partial charge in [0.1, 0.15) is 0 Å². The predicted octanol–water partition coefficient (Wildman–Crippen LogP) is 0.580. The third-order valence-corrected chi connectivity index (χ3v) is 2.15. The zero-order valence-electron chi connectivity index (χ0n) is 7.52. The highest BCUT2D eigenvalue weighted by Crippen LogP contribution is 2.32. The summed E-state index contributed by atoms with van der Waals surface area (Å²) >= 11 is 0. The van der Waals surface area contributed by atoms with Crippen LogP contribution in [0.5, 0.6) is 0 Å². The maximum atomic E-state index is 4.05. The molecule has 64 valence electrons. The molecule has 0 bridgehead atoms. The molecular formula is C8H17N3. The van der Waals surface area contributed by atoms with Gasteiger partial charge in [-0.1, -0.05) is 0 Å². The molecule has 1 aliphatic carbocycles. The van der Waals surface area contributed by atoms with Gasteiger partial charge in [-0.05, 0) is 25.7 Å². The van der Waals surface area contributed by atoms with E-state index in [2.05, 4.69) is 22.5 Å². The molecule has 0 amide bonds. The third-order valence-electron chi connectivity index (χ3n) is 2.15. The van der Waals surface area contributed by atoms with Gasteiger partial charge < -0.3 is 10.6 Å². The van der Waals surface area contributed by atoms with Crippen LogP contribution in [0.2, 0.25) is 0 Å². The summed E-state index contributed by atoms with van der Waals surface area (Å²) in [6.07, 6.45) is 2.74. The topological polar surface area (TPSA) is 36.4 Å². The molecule has 1 atom stereocenters. The van der Waals surface area contributed by atoms with Crippen molar-refractivity contribution in [1.29, 1.82) is 0 Å². The number of hydrogen-bond acceptors (Lipinski definition) is 1. The number of guanidine groups is 1. The first-order chi connectivity index (χ1) is 5.27.